The van der Waals surface area contributed by atoms with Crippen LogP contribution in [0.2, 0.25) is 0 Å². The van der Waals surface area contributed by atoms with Crippen LogP contribution >= 0.6 is 0 Å². The highest BCUT2D eigenvalue weighted by Crippen LogP contribution is 2.05. The molecule has 0 saturated heterocycles. The van der Waals surface area contributed by atoms with E-state index in [4.69, 9.17) is 11.5 Å². The fourth-order valence-corrected chi connectivity index (χ4v) is 1.87. The lowest BCUT2D eigenvalue weighted by molar-refractivity contribution is -0.119. The normalized spacial score (nSPS) is 11.9. The number of rotatable bonds is 6. The molecule has 7 heteroatoms. The fraction of sp³-hybridized carbons (Fsp3) is 0.214. The quantitative estimate of drug-likeness (QED) is 0.581. The zero-order valence-corrected chi connectivity index (χ0v) is 11.4. The Labute approximate surface area is 121 Å². The van der Waals surface area contributed by atoms with Crippen LogP contribution in [0.15, 0.2) is 36.8 Å². The fourth-order valence-electron chi connectivity index (χ4n) is 1.87. The number of imidazole rings is 1. The third-order valence-electron chi connectivity index (χ3n) is 3.08. The van der Waals surface area contributed by atoms with E-state index in [1.807, 2.05) is 0 Å². The van der Waals surface area contributed by atoms with Crippen LogP contribution in [0.25, 0.3) is 0 Å². The number of primary amides is 1. The summed E-state index contributed by atoms with van der Waals surface area (Å²) < 4.78 is 0. The average molecular weight is 287 g/mol. The third kappa shape index (κ3) is 3.90. The molecule has 2 amide bonds. The van der Waals surface area contributed by atoms with Crippen LogP contribution in [0.1, 0.15) is 21.6 Å². The predicted molar refractivity (Wildman–Crippen MR) is 77.1 cm³/mol. The molecule has 0 aliphatic carbocycles. The molecule has 0 radical (unpaired) electrons. The second-order valence-electron chi connectivity index (χ2n) is 4.61. The number of nitrogens with one attached hydrogen (secondary N) is 2. The molecule has 21 heavy (non-hydrogen) atoms. The summed E-state index contributed by atoms with van der Waals surface area (Å²) in [5.74, 6) is -0.960. The van der Waals surface area contributed by atoms with Gasteiger partial charge in [-0.05, 0) is 17.7 Å². The Kier molecular flexibility index (Phi) is 4.68. The van der Waals surface area contributed by atoms with Crippen molar-refractivity contribution in [3.63, 3.8) is 0 Å². The molecule has 1 unspecified atom stereocenters. The Bertz CT molecular complexity index is 607. The zero-order chi connectivity index (χ0) is 15.2. The van der Waals surface area contributed by atoms with Crippen LogP contribution in [0.4, 0.5) is 0 Å². The zero-order valence-electron chi connectivity index (χ0n) is 11.4. The molecule has 1 heterocycles. The summed E-state index contributed by atoms with van der Waals surface area (Å²) >= 11 is 0. The lowest BCUT2D eigenvalue weighted by atomic mass is 10.1. The van der Waals surface area contributed by atoms with Gasteiger partial charge in [0.25, 0.3) is 5.91 Å². The number of aromatic amines is 1. The highest BCUT2D eigenvalue weighted by molar-refractivity contribution is 5.97. The smallest absolute Gasteiger partial charge is 0.251 e. The summed E-state index contributed by atoms with van der Waals surface area (Å²) in [4.78, 5) is 30.3. The van der Waals surface area contributed by atoms with Gasteiger partial charge in [-0.2, -0.15) is 0 Å². The minimum absolute atomic E-state index is 0.266. The Balaban J connectivity index is 2.05. The summed E-state index contributed by atoms with van der Waals surface area (Å²) in [6.45, 7) is 0.408. The molecule has 0 spiro atoms. The second-order valence-corrected chi connectivity index (χ2v) is 4.61. The van der Waals surface area contributed by atoms with Gasteiger partial charge in [0.1, 0.15) is 6.04 Å². The first kappa shape index (κ1) is 14.7. The summed E-state index contributed by atoms with van der Waals surface area (Å²) in [7, 11) is 0. The van der Waals surface area contributed by atoms with E-state index in [1.165, 1.54) is 6.33 Å². The molecule has 1 aromatic heterocycles. The number of nitrogens with zero attached hydrogens (tertiary/aromatic N) is 1. The Hall–Kier alpha value is -2.67. The number of amides is 2. The van der Waals surface area contributed by atoms with E-state index in [2.05, 4.69) is 15.3 Å². The monoisotopic (exact) mass is 287 g/mol. The van der Waals surface area contributed by atoms with E-state index in [0.29, 0.717) is 12.1 Å². The Morgan fingerprint density at radius 2 is 2.00 bits per heavy atom. The van der Waals surface area contributed by atoms with Gasteiger partial charge in [-0.1, -0.05) is 12.1 Å². The standard InChI is InChI=1S/C14H17N5O2/c15-6-9-1-3-10(4-2-9)14(21)19-12(13(16)20)5-11-7-17-8-18-11/h1-4,7-8,12H,5-6,15H2,(H2,16,20)(H,17,18)(H,19,21). The van der Waals surface area contributed by atoms with Gasteiger partial charge in [-0.3, -0.25) is 9.59 Å². The van der Waals surface area contributed by atoms with Crippen LogP contribution in [-0.4, -0.2) is 27.8 Å². The summed E-state index contributed by atoms with van der Waals surface area (Å²) in [5.41, 5.74) is 12.9. The number of aromatic nitrogens is 2. The van der Waals surface area contributed by atoms with Gasteiger partial charge >= 0.3 is 0 Å². The van der Waals surface area contributed by atoms with Crippen LogP contribution in [0.5, 0.6) is 0 Å². The van der Waals surface area contributed by atoms with Crippen molar-refractivity contribution in [3.8, 4) is 0 Å². The molecular formula is C14H17N5O2. The first-order valence-electron chi connectivity index (χ1n) is 6.46. The van der Waals surface area contributed by atoms with Crippen molar-refractivity contribution in [2.75, 3.05) is 0 Å². The highest BCUT2D eigenvalue weighted by atomic mass is 16.2. The van der Waals surface area contributed by atoms with Gasteiger partial charge < -0.3 is 21.8 Å². The maximum absolute atomic E-state index is 12.1. The Morgan fingerprint density at radius 3 is 2.52 bits per heavy atom. The molecule has 0 aliphatic rings. The van der Waals surface area contributed by atoms with E-state index in [-0.39, 0.29) is 12.3 Å². The minimum Gasteiger partial charge on any atom is -0.368 e. The van der Waals surface area contributed by atoms with Crippen molar-refractivity contribution < 1.29 is 9.59 Å². The van der Waals surface area contributed by atoms with Gasteiger partial charge in [0, 0.05) is 30.4 Å². The molecule has 0 aliphatic heterocycles. The summed E-state index contributed by atoms with van der Waals surface area (Å²) in [6.07, 6.45) is 3.35. The molecule has 1 atom stereocenters. The second kappa shape index (κ2) is 6.67. The van der Waals surface area contributed by atoms with Crippen LogP contribution < -0.4 is 16.8 Å². The van der Waals surface area contributed by atoms with E-state index in [9.17, 15) is 9.59 Å². The van der Waals surface area contributed by atoms with Crippen LogP contribution in [0, 0.1) is 0 Å². The molecule has 7 nitrogen and oxygen atoms in total. The first-order valence-corrected chi connectivity index (χ1v) is 6.46. The maximum Gasteiger partial charge on any atom is 0.251 e. The predicted octanol–water partition coefficient (Wildman–Crippen LogP) is -0.305. The molecule has 0 fully saturated rings. The van der Waals surface area contributed by atoms with Gasteiger partial charge in [0.2, 0.25) is 5.91 Å². The molecular weight excluding hydrogens is 270 g/mol. The van der Waals surface area contributed by atoms with E-state index < -0.39 is 11.9 Å². The van der Waals surface area contributed by atoms with Crippen molar-refractivity contribution >= 4 is 11.8 Å². The lowest BCUT2D eigenvalue weighted by Crippen LogP contribution is -2.45. The van der Waals surface area contributed by atoms with E-state index in [1.54, 1.807) is 30.5 Å². The number of benzene rings is 1. The lowest BCUT2D eigenvalue weighted by Gasteiger charge is -2.14. The highest BCUT2D eigenvalue weighted by Gasteiger charge is 2.20. The number of carbonyl (C=O) groups excluding carboxylic acids is 2. The average Bonchev–Trinajstić information content (AvgIpc) is 2.99. The topological polar surface area (TPSA) is 127 Å². The largest absolute Gasteiger partial charge is 0.368 e. The molecule has 6 N–H and O–H groups in total. The molecule has 0 saturated carbocycles. The summed E-state index contributed by atoms with van der Waals surface area (Å²) in [6, 6.07) is 6.05. The van der Waals surface area contributed by atoms with Crippen molar-refractivity contribution in [2.24, 2.45) is 11.5 Å². The number of hydrogen-bond acceptors (Lipinski definition) is 4. The molecule has 2 aromatic rings. The molecule has 0 bridgehead atoms. The molecule has 110 valence electrons. The number of carbonyl (C=O) groups is 2. The minimum atomic E-state index is -0.799. The number of nitrogens with two attached hydrogens (primary N) is 2. The van der Waals surface area contributed by atoms with Crippen molar-refractivity contribution in [3.05, 3.63) is 53.6 Å². The molecule has 2 rings (SSSR count). The van der Waals surface area contributed by atoms with E-state index in [0.717, 1.165) is 11.3 Å². The van der Waals surface area contributed by atoms with Gasteiger partial charge in [-0.15, -0.1) is 0 Å². The van der Waals surface area contributed by atoms with Crippen molar-refractivity contribution in [2.45, 2.75) is 19.0 Å². The van der Waals surface area contributed by atoms with Gasteiger partial charge in [0.05, 0.1) is 6.33 Å². The van der Waals surface area contributed by atoms with Gasteiger partial charge in [0.15, 0.2) is 0 Å². The van der Waals surface area contributed by atoms with Gasteiger partial charge in [-0.25, -0.2) is 4.98 Å². The van der Waals surface area contributed by atoms with Crippen molar-refractivity contribution in [1.82, 2.24) is 15.3 Å². The summed E-state index contributed by atoms with van der Waals surface area (Å²) in [5, 5.41) is 2.62. The maximum atomic E-state index is 12.1. The molecule has 1 aromatic carbocycles. The van der Waals surface area contributed by atoms with E-state index >= 15 is 0 Å². The Morgan fingerprint density at radius 1 is 1.29 bits per heavy atom. The number of hydrogen-bond donors (Lipinski definition) is 4. The first-order chi connectivity index (χ1) is 10.1. The number of H-pyrrole nitrogens is 1. The van der Waals surface area contributed by atoms with Crippen molar-refractivity contribution in [1.29, 1.82) is 0 Å². The SMILES string of the molecule is NCc1ccc(C(=O)NC(Cc2cnc[nH]2)C(N)=O)cc1. The van der Waals surface area contributed by atoms with Crippen LogP contribution in [-0.2, 0) is 17.8 Å². The third-order valence-corrected chi connectivity index (χ3v) is 3.08. The van der Waals surface area contributed by atoms with Crippen LogP contribution in [0.3, 0.4) is 0 Å².